The summed E-state index contributed by atoms with van der Waals surface area (Å²) in [6, 6.07) is 13.4. The second-order valence-corrected chi connectivity index (χ2v) is 6.61. The van der Waals surface area contributed by atoms with E-state index >= 15 is 0 Å². The van der Waals surface area contributed by atoms with E-state index in [0.29, 0.717) is 55.5 Å². The lowest BCUT2D eigenvalue weighted by atomic mass is 10.2. The number of hydrogen-bond acceptors (Lipinski definition) is 7. The van der Waals surface area contributed by atoms with E-state index in [0.717, 1.165) is 0 Å². The number of benzene rings is 2. The maximum absolute atomic E-state index is 12.6. The van der Waals surface area contributed by atoms with Crippen LogP contribution in [0.1, 0.15) is 12.5 Å². The molecule has 0 atom stereocenters. The van der Waals surface area contributed by atoms with Crippen molar-refractivity contribution < 1.29 is 19.2 Å². The minimum absolute atomic E-state index is 0.0601. The van der Waals surface area contributed by atoms with E-state index in [1.807, 2.05) is 17.9 Å². The molecule has 1 saturated heterocycles. The van der Waals surface area contributed by atoms with Crippen molar-refractivity contribution >= 4 is 17.3 Å². The number of piperazine rings is 1. The number of amides is 1. The number of nitro benzene ring substituents is 1. The number of ether oxygens (including phenoxy) is 2. The molecule has 2 aromatic rings. The summed E-state index contributed by atoms with van der Waals surface area (Å²) in [4.78, 5) is 27.0. The average molecular weight is 410 g/mol. The summed E-state index contributed by atoms with van der Waals surface area (Å²) in [7, 11) is 0. The fourth-order valence-corrected chi connectivity index (χ4v) is 3.28. The van der Waals surface area contributed by atoms with Gasteiger partial charge in [-0.2, -0.15) is 5.26 Å². The highest BCUT2D eigenvalue weighted by atomic mass is 16.6. The van der Waals surface area contributed by atoms with Crippen LogP contribution >= 0.6 is 0 Å². The molecular formula is C21H22N4O5. The van der Waals surface area contributed by atoms with Gasteiger partial charge < -0.3 is 19.3 Å². The summed E-state index contributed by atoms with van der Waals surface area (Å²) in [5.74, 6) is 0.650. The molecule has 0 unspecified atom stereocenters. The van der Waals surface area contributed by atoms with Gasteiger partial charge in [0.1, 0.15) is 5.69 Å². The van der Waals surface area contributed by atoms with Crippen LogP contribution in [-0.2, 0) is 4.79 Å². The summed E-state index contributed by atoms with van der Waals surface area (Å²) < 4.78 is 11.1. The van der Waals surface area contributed by atoms with Gasteiger partial charge in [0.2, 0.25) is 0 Å². The predicted octanol–water partition coefficient (Wildman–Crippen LogP) is 2.59. The highest BCUT2D eigenvalue weighted by Gasteiger charge is 2.25. The molecule has 0 spiro atoms. The van der Waals surface area contributed by atoms with Crippen molar-refractivity contribution in [3.8, 4) is 17.6 Å². The van der Waals surface area contributed by atoms with Crippen LogP contribution in [0.25, 0.3) is 0 Å². The van der Waals surface area contributed by atoms with Crippen LogP contribution in [0.15, 0.2) is 42.5 Å². The first kappa shape index (κ1) is 20.9. The van der Waals surface area contributed by atoms with Crippen LogP contribution in [0.2, 0.25) is 0 Å². The number of para-hydroxylation sites is 2. The number of nitro groups is 1. The molecule has 0 bridgehead atoms. The summed E-state index contributed by atoms with van der Waals surface area (Å²) in [5.41, 5.74) is 1.07. The van der Waals surface area contributed by atoms with Gasteiger partial charge in [-0.3, -0.25) is 14.9 Å². The normalized spacial score (nSPS) is 13.5. The largest absolute Gasteiger partial charge is 0.490 e. The molecular weight excluding hydrogens is 388 g/mol. The zero-order valence-corrected chi connectivity index (χ0v) is 16.6. The van der Waals surface area contributed by atoms with Gasteiger partial charge in [-0.15, -0.1) is 0 Å². The van der Waals surface area contributed by atoms with Crippen LogP contribution in [-0.4, -0.2) is 55.1 Å². The van der Waals surface area contributed by atoms with Gasteiger partial charge in [0.05, 0.1) is 23.2 Å². The molecule has 9 heteroatoms. The molecule has 1 heterocycles. The standard InChI is InChI=1S/C21H22N4O5/c1-2-29-20-13-16(14-22)7-8-19(20)30-15-21(26)24-11-9-23(10-12-24)17-5-3-4-6-18(17)25(27)28/h3-8,13H,2,9-12,15H2,1H3. The van der Waals surface area contributed by atoms with Gasteiger partial charge in [-0.25, -0.2) is 0 Å². The van der Waals surface area contributed by atoms with Crippen molar-refractivity contribution in [1.29, 1.82) is 5.26 Å². The first-order chi connectivity index (χ1) is 14.5. The lowest BCUT2D eigenvalue weighted by molar-refractivity contribution is -0.384. The Morgan fingerprint density at radius 3 is 2.53 bits per heavy atom. The molecule has 1 amide bonds. The van der Waals surface area contributed by atoms with Gasteiger partial charge in [0.25, 0.3) is 11.6 Å². The van der Waals surface area contributed by atoms with E-state index in [-0.39, 0.29) is 18.2 Å². The molecule has 9 nitrogen and oxygen atoms in total. The average Bonchev–Trinajstić information content (AvgIpc) is 2.78. The number of carbonyl (C=O) groups excluding carboxylic acids is 1. The second kappa shape index (κ2) is 9.60. The van der Waals surface area contributed by atoms with E-state index < -0.39 is 4.92 Å². The third kappa shape index (κ3) is 4.78. The van der Waals surface area contributed by atoms with Gasteiger partial charge in [-0.1, -0.05) is 12.1 Å². The minimum Gasteiger partial charge on any atom is -0.490 e. The monoisotopic (exact) mass is 410 g/mol. The van der Waals surface area contributed by atoms with Crippen LogP contribution in [0.4, 0.5) is 11.4 Å². The number of rotatable bonds is 7. The Bertz CT molecular complexity index is 964. The van der Waals surface area contributed by atoms with E-state index in [1.165, 1.54) is 6.07 Å². The van der Waals surface area contributed by atoms with Gasteiger partial charge >= 0.3 is 0 Å². The van der Waals surface area contributed by atoms with Crippen molar-refractivity contribution in [2.45, 2.75) is 6.92 Å². The van der Waals surface area contributed by atoms with Crippen molar-refractivity contribution in [2.75, 3.05) is 44.3 Å². The summed E-state index contributed by atoms with van der Waals surface area (Å²) in [5, 5.41) is 20.3. The van der Waals surface area contributed by atoms with E-state index in [4.69, 9.17) is 14.7 Å². The molecule has 156 valence electrons. The molecule has 0 saturated carbocycles. The molecule has 1 aliphatic rings. The number of nitrogens with zero attached hydrogens (tertiary/aromatic N) is 4. The van der Waals surface area contributed by atoms with E-state index in [2.05, 4.69) is 0 Å². The van der Waals surface area contributed by atoms with E-state index in [1.54, 1.807) is 41.3 Å². The Balaban J connectivity index is 1.58. The zero-order valence-electron chi connectivity index (χ0n) is 16.6. The zero-order chi connectivity index (χ0) is 21.5. The molecule has 0 radical (unpaired) electrons. The molecule has 0 N–H and O–H groups in total. The fraction of sp³-hybridized carbons (Fsp3) is 0.333. The molecule has 2 aromatic carbocycles. The van der Waals surface area contributed by atoms with Crippen LogP contribution in [0.3, 0.4) is 0 Å². The van der Waals surface area contributed by atoms with Gasteiger partial charge in [-0.05, 0) is 25.1 Å². The highest BCUT2D eigenvalue weighted by Crippen LogP contribution is 2.29. The Morgan fingerprint density at radius 2 is 1.87 bits per heavy atom. The summed E-state index contributed by atoms with van der Waals surface area (Å²) in [6.07, 6.45) is 0. The lowest BCUT2D eigenvalue weighted by Gasteiger charge is -2.35. The number of nitriles is 1. The smallest absolute Gasteiger partial charge is 0.292 e. The molecule has 1 aliphatic heterocycles. The quantitative estimate of drug-likeness (QED) is 0.510. The third-order valence-corrected chi connectivity index (χ3v) is 4.78. The summed E-state index contributed by atoms with van der Waals surface area (Å²) >= 11 is 0. The van der Waals surface area contributed by atoms with Crippen molar-refractivity contribution in [2.24, 2.45) is 0 Å². The maximum Gasteiger partial charge on any atom is 0.292 e. The predicted molar refractivity (Wildman–Crippen MR) is 110 cm³/mol. The molecule has 0 aromatic heterocycles. The van der Waals surface area contributed by atoms with Crippen molar-refractivity contribution in [1.82, 2.24) is 4.90 Å². The van der Waals surface area contributed by atoms with Crippen LogP contribution in [0.5, 0.6) is 11.5 Å². The van der Waals surface area contributed by atoms with Gasteiger partial charge in [0, 0.05) is 38.3 Å². The topological polar surface area (TPSA) is 109 Å². The Labute approximate surface area is 174 Å². The maximum atomic E-state index is 12.6. The fourth-order valence-electron chi connectivity index (χ4n) is 3.28. The molecule has 0 aliphatic carbocycles. The van der Waals surface area contributed by atoms with Crippen LogP contribution < -0.4 is 14.4 Å². The number of anilines is 1. The lowest BCUT2D eigenvalue weighted by Crippen LogP contribution is -2.50. The van der Waals surface area contributed by atoms with Gasteiger partial charge in [0.15, 0.2) is 18.1 Å². The summed E-state index contributed by atoms with van der Waals surface area (Å²) in [6.45, 7) is 3.96. The Morgan fingerprint density at radius 1 is 1.13 bits per heavy atom. The molecule has 30 heavy (non-hydrogen) atoms. The first-order valence-corrected chi connectivity index (χ1v) is 9.59. The third-order valence-electron chi connectivity index (χ3n) is 4.78. The second-order valence-electron chi connectivity index (χ2n) is 6.61. The van der Waals surface area contributed by atoms with Crippen molar-refractivity contribution in [3.05, 3.63) is 58.1 Å². The Kier molecular flexibility index (Phi) is 6.70. The SMILES string of the molecule is CCOc1cc(C#N)ccc1OCC(=O)N1CCN(c2ccccc2[N+](=O)[O-])CC1. The molecule has 3 rings (SSSR count). The number of hydrogen-bond donors (Lipinski definition) is 0. The number of carbonyl (C=O) groups is 1. The first-order valence-electron chi connectivity index (χ1n) is 9.59. The van der Waals surface area contributed by atoms with Crippen LogP contribution in [0, 0.1) is 21.4 Å². The van der Waals surface area contributed by atoms with E-state index in [9.17, 15) is 14.9 Å². The van der Waals surface area contributed by atoms with Crippen molar-refractivity contribution in [3.63, 3.8) is 0 Å². The Hall–Kier alpha value is -3.80. The molecule has 1 fully saturated rings. The minimum atomic E-state index is -0.395. The highest BCUT2D eigenvalue weighted by molar-refractivity contribution is 5.78.